The van der Waals surface area contributed by atoms with Crippen LogP contribution >= 0.6 is 0 Å². The zero-order chi connectivity index (χ0) is 17.0. The molecule has 0 radical (unpaired) electrons. The summed E-state index contributed by atoms with van der Waals surface area (Å²) in [5.41, 5.74) is 2.44. The summed E-state index contributed by atoms with van der Waals surface area (Å²) in [6.07, 6.45) is -0.413. The maximum atomic E-state index is 11.2. The first-order chi connectivity index (χ1) is 10.1. The van der Waals surface area contributed by atoms with E-state index < -0.39 is 47.8 Å². The van der Waals surface area contributed by atoms with Crippen molar-refractivity contribution in [1.29, 1.82) is 0 Å². The molecule has 10 nitrogen and oxygen atoms in total. The zero-order valence-corrected chi connectivity index (χ0v) is 11.8. The smallest absolute Gasteiger partial charge is 0.322 e. The van der Waals surface area contributed by atoms with Gasteiger partial charge in [-0.05, 0) is 12.8 Å². The van der Waals surface area contributed by atoms with Crippen LogP contribution in [0, 0.1) is 11.8 Å². The maximum Gasteiger partial charge on any atom is 0.322 e. The molecule has 0 aromatic carbocycles. The van der Waals surface area contributed by atoms with Crippen LogP contribution in [-0.4, -0.2) is 67.9 Å². The third-order valence-corrected chi connectivity index (χ3v) is 3.57. The van der Waals surface area contributed by atoms with Crippen LogP contribution in [0.4, 0.5) is 0 Å². The molecule has 1 heterocycles. The lowest BCUT2D eigenvalue weighted by molar-refractivity contribution is -0.149. The molecule has 1 saturated heterocycles. The summed E-state index contributed by atoms with van der Waals surface area (Å²) in [6.45, 7) is 1.16. The second-order valence-electron chi connectivity index (χ2n) is 5.27. The van der Waals surface area contributed by atoms with Crippen molar-refractivity contribution in [2.24, 2.45) is 11.8 Å². The fourth-order valence-corrected chi connectivity index (χ4v) is 2.25. The topological polar surface area (TPSA) is 164 Å². The van der Waals surface area contributed by atoms with E-state index in [1.807, 2.05) is 0 Å². The van der Waals surface area contributed by atoms with Gasteiger partial charge in [0.25, 0.3) is 0 Å². The number of hydrazine groups is 1. The summed E-state index contributed by atoms with van der Waals surface area (Å²) < 4.78 is 0. The minimum Gasteiger partial charge on any atom is -0.481 e. The van der Waals surface area contributed by atoms with E-state index in [0.29, 0.717) is 0 Å². The van der Waals surface area contributed by atoms with E-state index in [-0.39, 0.29) is 19.4 Å². The van der Waals surface area contributed by atoms with Crippen LogP contribution in [0.2, 0.25) is 0 Å². The van der Waals surface area contributed by atoms with Gasteiger partial charge in [0, 0.05) is 6.54 Å². The van der Waals surface area contributed by atoms with E-state index in [1.54, 1.807) is 0 Å². The third kappa shape index (κ3) is 4.40. The Morgan fingerprint density at radius 3 is 2.09 bits per heavy atom. The molecule has 1 fully saturated rings. The Morgan fingerprint density at radius 2 is 1.68 bits per heavy atom. The summed E-state index contributed by atoms with van der Waals surface area (Å²) in [5, 5.41) is 37.0. The molecule has 10 heteroatoms. The van der Waals surface area contributed by atoms with Gasteiger partial charge in [-0.3, -0.25) is 19.2 Å². The second-order valence-corrected chi connectivity index (χ2v) is 5.27. The largest absolute Gasteiger partial charge is 0.481 e. The van der Waals surface area contributed by atoms with Crippen LogP contribution in [-0.2, 0) is 19.2 Å². The third-order valence-electron chi connectivity index (χ3n) is 3.57. The lowest BCUT2D eigenvalue weighted by Gasteiger charge is -2.27. The lowest BCUT2D eigenvalue weighted by Crippen LogP contribution is -2.53. The molecule has 1 aliphatic heterocycles. The normalized spacial score (nSPS) is 24.6. The fourth-order valence-electron chi connectivity index (χ4n) is 2.25. The van der Waals surface area contributed by atoms with Crippen molar-refractivity contribution >= 4 is 23.9 Å². The number of nitrogens with one attached hydrogen (secondary N) is 1. The number of carboxylic acid groups (broad SMARTS) is 4. The van der Waals surface area contributed by atoms with Crippen LogP contribution in [0.25, 0.3) is 0 Å². The molecule has 0 unspecified atom stereocenters. The zero-order valence-electron chi connectivity index (χ0n) is 11.8. The average Bonchev–Trinajstić information content (AvgIpc) is 2.81. The molecule has 0 saturated carbocycles. The molecular weight excluding hydrogens is 300 g/mol. The van der Waals surface area contributed by atoms with Gasteiger partial charge in [0.15, 0.2) is 0 Å². The van der Waals surface area contributed by atoms with E-state index in [4.69, 9.17) is 20.4 Å². The van der Waals surface area contributed by atoms with Gasteiger partial charge in [-0.1, -0.05) is 6.92 Å². The Labute approximate surface area is 125 Å². The SMILES string of the molecule is C[C@H](C[C@H](NN1C[C@H](C(=O)O)C[C@H]1C(=O)O)C(=O)O)C(=O)O. The molecule has 0 spiro atoms. The van der Waals surface area contributed by atoms with Gasteiger partial charge in [0.05, 0.1) is 11.8 Å². The van der Waals surface area contributed by atoms with E-state index in [2.05, 4.69) is 5.43 Å². The second kappa shape index (κ2) is 7.18. The number of carboxylic acids is 4. The average molecular weight is 318 g/mol. The minimum atomic E-state index is -1.34. The minimum absolute atomic E-state index is 0.154. The molecule has 124 valence electrons. The number of aliphatic carboxylic acids is 4. The van der Waals surface area contributed by atoms with Crippen molar-refractivity contribution in [3.63, 3.8) is 0 Å². The molecule has 0 aliphatic carbocycles. The molecule has 4 atom stereocenters. The van der Waals surface area contributed by atoms with Crippen molar-refractivity contribution in [2.45, 2.75) is 31.8 Å². The molecular formula is C12H18N2O8. The molecule has 0 aromatic rings. The Balaban J connectivity index is 2.82. The molecule has 0 aromatic heterocycles. The first kappa shape index (κ1) is 17.9. The van der Waals surface area contributed by atoms with Crippen molar-refractivity contribution < 1.29 is 39.6 Å². The van der Waals surface area contributed by atoms with Gasteiger partial charge < -0.3 is 20.4 Å². The van der Waals surface area contributed by atoms with E-state index in [9.17, 15) is 19.2 Å². The summed E-state index contributed by atoms with van der Waals surface area (Å²) in [7, 11) is 0. The molecule has 1 aliphatic rings. The first-order valence-corrected chi connectivity index (χ1v) is 6.57. The summed E-state index contributed by atoms with van der Waals surface area (Å²) >= 11 is 0. The molecule has 5 N–H and O–H groups in total. The van der Waals surface area contributed by atoms with E-state index in [0.717, 1.165) is 5.01 Å². The predicted octanol–water partition coefficient (Wildman–Crippen LogP) is -1.09. The summed E-state index contributed by atoms with van der Waals surface area (Å²) in [4.78, 5) is 44.1. The van der Waals surface area contributed by atoms with Crippen LogP contribution in [0.3, 0.4) is 0 Å². The van der Waals surface area contributed by atoms with Gasteiger partial charge in [-0.15, -0.1) is 0 Å². The maximum absolute atomic E-state index is 11.2. The summed E-state index contributed by atoms with van der Waals surface area (Å²) in [5.74, 6) is -6.83. The highest BCUT2D eigenvalue weighted by molar-refractivity contribution is 5.78. The van der Waals surface area contributed by atoms with Crippen molar-refractivity contribution in [2.75, 3.05) is 6.54 Å². The highest BCUT2D eigenvalue weighted by atomic mass is 16.4. The standard InChI is InChI=1S/C12H18N2O8/c1-5(9(15)16)2-7(11(19)20)13-14-4-6(10(17)18)3-8(14)12(21)22/h5-8,13H,2-4H2,1H3,(H,15,16)(H,17,18)(H,19,20)(H,21,22)/t5-,6-,7+,8+/m1/s1. The highest BCUT2D eigenvalue weighted by Crippen LogP contribution is 2.23. The van der Waals surface area contributed by atoms with Gasteiger partial charge >= 0.3 is 23.9 Å². The van der Waals surface area contributed by atoms with Gasteiger partial charge in [0.2, 0.25) is 0 Å². The first-order valence-electron chi connectivity index (χ1n) is 6.57. The number of carbonyl (C=O) groups is 4. The molecule has 0 bridgehead atoms. The molecule has 0 amide bonds. The molecule has 22 heavy (non-hydrogen) atoms. The van der Waals surface area contributed by atoms with Crippen LogP contribution in [0.5, 0.6) is 0 Å². The summed E-state index contributed by atoms with van der Waals surface area (Å²) in [6, 6.07) is -2.50. The van der Waals surface area contributed by atoms with Crippen LogP contribution < -0.4 is 5.43 Å². The van der Waals surface area contributed by atoms with Crippen LogP contribution in [0.1, 0.15) is 19.8 Å². The van der Waals surface area contributed by atoms with E-state index >= 15 is 0 Å². The number of hydrogen-bond acceptors (Lipinski definition) is 6. The van der Waals surface area contributed by atoms with Gasteiger partial charge in [-0.2, -0.15) is 0 Å². The van der Waals surface area contributed by atoms with Crippen molar-refractivity contribution in [1.82, 2.24) is 10.4 Å². The Bertz CT molecular complexity index is 480. The number of hydrogen-bond donors (Lipinski definition) is 5. The number of nitrogens with zero attached hydrogens (tertiary/aromatic N) is 1. The van der Waals surface area contributed by atoms with Gasteiger partial charge in [-0.25, -0.2) is 10.4 Å². The van der Waals surface area contributed by atoms with Crippen LogP contribution in [0.15, 0.2) is 0 Å². The Kier molecular flexibility index (Phi) is 5.83. The fraction of sp³-hybridized carbons (Fsp3) is 0.667. The van der Waals surface area contributed by atoms with Crippen molar-refractivity contribution in [3.8, 4) is 0 Å². The quantitative estimate of drug-likeness (QED) is 0.371. The van der Waals surface area contributed by atoms with E-state index in [1.165, 1.54) is 6.92 Å². The lowest BCUT2D eigenvalue weighted by atomic mass is 10.0. The monoisotopic (exact) mass is 318 g/mol. The Morgan fingerprint density at radius 1 is 1.09 bits per heavy atom. The number of rotatable bonds is 8. The van der Waals surface area contributed by atoms with Crippen molar-refractivity contribution in [3.05, 3.63) is 0 Å². The Hall–Kier alpha value is -2.20. The van der Waals surface area contributed by atoms with Gasteiger partial charge in [0.1, 0.15) is 12.1 Å². The molecule has 1 rings (SSSR count). The predicted molar refractivity (Wildman–Crippen MR) is 69.8 cm³/mol. The highest BCUT2D eigenvalue weighted by Gasteiger charge is 2.42.